The number of carbonyl (C=O) groups is 1. The van der Waals surface area contributed by atoms with Gasteiger partial charge in [0, 0.05) is 16.8 Å². The number of halogens is 1. The minimum atomic E-state index is -0.0127. The molecule has 0 saturated carbocycles. The zero-order chi connectivity index (χ0) is 15.4. The number of hydrogen-bond donors (Lipinski definition) is 1. The Kier molecular flexibility index (Phi) is 4.81. The third kappa shape index (κ3) is 3.52. The van der Waals surface area contributed by atoms with Crippen molar-refractivity contribution in [1.82, 2.24) is 4.98 Å². The first-order chi connectivity index (χ1) is 10.0. The molecule has 0 aliphatic rings. The normalized spacial score (nSPS) is 11.8. The van der Waals surface area contributed by atoms with Gasteiger partial charge in [-0.05, 0) is 38.1 Å². The summed E-state index contributed by atoms with van der Waals surface area (Å²) in [6, 6.07) is 7.12. The first-order valence-electron chi connectivity index (χ1n) is 6.57. The van der Waals surface area contributed by atoms with Crippen LogP contribution in [0.3, 0.4) is 0 Å². The van der Waals surface area contributed by atoms with Gasteiger partial charge >= 0.3 is 0 Å². The number of rotatable bonds is 5. The fourth-order valence-electron chi connectivity index (χ4n) is 2.11. The molecule has 1 aromatic heterocycles. The van der Waals surface area contributed by atoms with Crippen LogP contribution in [-0.4, -0.2) is 18.4 Å². The second-order valence-corrected chi connectivity index (χ2v) is 5.20. The van der Waals surface area contributed by atoms with Gasteiger partial charge in [-0.2, -0.15) is 0 Å². The summed E-state index contributed by atoms with van der Waals surface area (Å²) in [6.07, 6.45) is 2.48. The average Bonchev–Trinajstić information content (AvgIpc) is 2.49. The summed E-state index contributed by atoms with van der Waals surface area (Å²) in [5.74, 6) is 0.723. The molecule has 0 aliphatic heterocycles. The Labute approximate surface area is 129 Å². The summed E-state index contributed by atoms with van der Waals surface area (Å²) in [6.45, 7) is 3.95. The molecule has 4 nitrogen and oxygen atoms in total. The Balaban J connectivity index is 2.27. The molecule has 1 N–H and O–H groups in total. The fourth-order valence-corrected chi connectivity index (χ4v) is 2.35. The van der Waals surface area contributed by atoms with E-state index < -0.39 is 0 Å². The van der Waals surface area contributed by atoms with Crippen LogP contribution in [0.15, 0.2) is 30.5 Å². The van der Waals surface area contributed by atoms with Crippen molar-refractivity contribution in [1.29, 1.82) is 0 Å². The number of aryl methyl sites for hydroxylation is 1. The molecule has 1 atom stereocenters. The van der Waals surface area contributed by atoms with Crippen LogP contribution in [-0.2, 0) is 0 Å². The van der Waals surface area contributed by atoms with Crippen molar-refractivity contribution in [3.05, 3.63) is 52.3 Å². The van der Waals surface area contributed by atoms with Crippen molar-refractivity contribution in [2.24, 2.45) is 0 Å². The molecule has 0 aliphatic carbocycles. The summed E-state index contributed by atoms with van der Waals surface area (Å²) in [4.78, 5) is 15.0. The van der Waals surface area contributed by atoms with Gasteiger partial charge in [0.25, 0.3) is 0 Å². The molecule has 1 heterocycles. The predicted octanol–water partition coefficient (Wildman–Crippen LogP) is 4.04. The molecule has 2 rings (SSSR count). The zero-order valence-corrected chi connectivity index (χ0v) is 12.9. The standard InChI is InChI=1S/C16H17ClN2O2/c1-10-6-13(16(21-3)8-18-10)11(2)19-15-5-4-12(9-20)7-14(15)17/h4-9,11,19H,1-3H3/t11-/m0/s1. The number of carbonyl (C=O) groups excluding carboxylic acids is 1. The van der Waals surface area contributed by atoms with Gasteiger partial charge in [-0.3, -0.25) is 9.78 Å². The van der Waals surface area contributed by atoms with Crippen molar-refractivity contribution in [2.45, 2.75) is 19.9 Å². The molecular weight excluding hydrogens is 288 g/mol. The minimum Gasteiger partial charge on any atom is -0.495 e. The van der Waals surface area contributed by atoms with Gasteiger partial charge < -0.3 is 10.1 Å². The Morgan fingerprint density at radius 3 is 2.76 bits per heavy atom. The van der Waals surface area contributed by atoms with Crippen molar-refractivity contribution in [2.75, 3.05) is 12.4 Å². The number of aldehydes is 1. The summed E-state index contributed by atoms with van der Waals surface area (Å²) in [7, 11) is 1.62. The van der Waals surface area contributed by atoms with Gasteiger partial charge in [0.15, 0.2) is 0 Å². The molecule has 0 fully saturated rings. The zero-order valence-electron chi connectivity index (χ0n) is 12.2. The van der Waals surface area contributed by atoms with E-state index in [9.17, 15) is 4.79 Å². The first-order valence-corrected chi connectivity index (χ1v) is 6.94. The van der Waals surface area contributed by atoms with E-state index in [1.807, 2.05) is 19.9 Å². The average molecular weight is 305 g/mol. The van der Waals surface area contributed by atoms with Crippen LogP contribution < -0.4 is 10.1 Å². The van der Waals surface area contributed by atoms with Crippen LogP contribution in [0, 0.1) is 6.92 Å². The van der Waals surface area contributed by atoms with E-state index in [0.717, 1.165) is 29.0 Å². The molecule has 0 radical (unpaired) electrons. The monoisotopic (exact) mass is 304 g/mol. The number of nitrogens with one attached hydrogen (secondary N) is 1. The lowest BCUT2D eigenvalue weighted by molar-refractivity contribution is 0.112. The van der Waals surface area contributed by atoms with Gasteiger partial charge in [0.1, 0.15) is 12.0 Å². The Morgan fingerprint density at radius 1 is 1.38 bits per heavy atom. The highest BCUT2D eigenvalue weighted by Gasteiger charge is 2.13. The second kappa shape index (κ2) is 6.59. The van der Waals surface area contributed by atoms with Crippen LogP contribution >= 0.6 is 11.6 Å². The van der Waals surface area contributed by atoms with Gasteiger partial charge in [0.2, 0.25) is 0 Å². The molecule has 0 saturated heterocycles. The Bertz CT molecular complexity index is 659. The summed E-state index contributed by atoms with van der Waals surface area (Å²) < 4.78 is 5.34. The number of methoxy groups -OCH3 is 1. The molecular formula is C16H17ClN2O2. The van der Waals surface area contributed by atoms with Crippen molar-refractivity contribution >= 4 is 23.6 Å². The molecule has 1 aromatic carbocycles. The summed E-state index contributed by atoms with van der Waals surface area (Å²) in [5, 5.41) is 3.83. The van der Waals surface area contributed by atoms with E-state index in [1.165, 1.54) is 0 Å². The molecule has 2 aromatic rings. The van der Waals surface area contributed by atoms with Crippen molar-refractivity contribution in [3.8, 4) is 5.75 Å². The number of ether oxygens (including phenoxy) is 1. The fraction of sp³-hybridized carbons (Fsp3) is 0.250. The highest BCUT2D eigenvalue weighted by molar-refractivity contribution is 6.33. The maximum absolute atomic E-state index is 10.7. The van der Waals surface area contributed by atoms with E-state index in [-0.39, 0.29) is 6.04 Å². The highest BCUT2D eigenvalue weighted by atomic mass is 35.5. The second-order valence-electron chi connectivity index (χ2n) is 4.79. The van der Waals surface area contributed by atoms with Crippen LogP contribution in [0.25, 0.3) is 0 Å². The molecule has 0 spiro atoms. The third-order valence-electron chi connectivity index (χ3n) is 3.22. The number of aromatic nitrogens is 1. The smallest absolute Gasteiger partial charge is 0.150 e. The number of pyridine rings is 1. The SMILES string of the molecule is COc1cnc(C)cc1[C@H](C)Nc1ccc(C=O)cc1Cl. The molecule has 0 unspecified atom stereocenters. The maximum atomic E-state index is 10.7. The lowest BCUT2D eigenvalue weighted by atomic mass is 10.1. The third-order valence-corrected chi connectivity index (χ3v) is 3.53. The quantitative estimate of drug-likeness (QED) is 0.847. The highest BCUT2D eigenvalue weighted by Crippen LogP contribution is 2.30. The van der Waals surface area contributed by atoms with Crippen LogP contribution in [0.5, 0.6) is 5.75 Å². The van der Waals surface area contributed by atoms with Gasteiger partial charge in [-0.15, -0.1) is 0 Å². The van der Waals surface area contributed by atoms with Gasteiger partial charge in [-0.25, -0.2) is 0 Å². The van der Waals surface area contributed by atoms with E-state index >= 15 is 0 Å². The Hall–Kier alpha value is -2.07. The molecule has 5 heteroatoms. The van der Waals surface area contributed by atoms with E-state index in [1.54, 1.807) is 31.5 Å². The number of anilines is 1. The molecule has 0 amide bonds. The molecule has 0 bridgehead atoms. The lowest BCUT2D eigenvalue weighted by Crippen LogP contribution is -2.09. The topological polar surface area (TPSA) is 51.2 Å². The maximum Gasteiger partial charge on any atom is 0.150 e. The van der Waals surface area contributed by atoms with Crippen LogP contribution in [0.1, 0.15) is 34.6 Å². The lowest BCUT2D eigenvalue weighted by Gasteiger charge is -2.19. The largest absolute Gasteiger partial charge is 0.495 e. The summed E-state index contributed by atoms with van der Waals surface area (Å²) >= 11 is 6.18. The van der Waals surface area contributed by atoms with Crippen LogP contribution in [0.2, 0.25) is 5.02 Å². The molecule has 21 heavy (non-hydrogen) atoms. The van der Waals surface area contributed by atoms with E-state index in [2.05, 4.69) is 10.3 Å². The number of benzene rings is 1. The number of nitrogens with zero attached hydrogens (tertiary/aromatic N) is 1. The van der Waals surface area contributed by atoms with Gasteiger partial charge in [0.05, 0.1) is 30.1 Å². The minimum absolute atomic E-state index is 0.0127. The van der Waals surface area contributed by atoms with Crippen molar-refractivity contribution < 1.29 is 9.53 Å². The van der Waals surface area contributed by atoms with E-state index in [4.69, 9.17) is 16.3 Å². The van der Waals surface area contributed by atoms with E-state index in [0.29, 0.717) is 10.6 Å². The predicted molar refractivity (Wildman–Crippen MR) is 84.4 cm³/mol. The van der Waals surface area contributed by atoms with Gasteiger partial charge in [-0.1, -0.05) is 11.6 Å². The first kappa shape index (κ1) is 15.3. The Morgan fingerprint density at radius 2 is 2.14 bits per heavy atom. The number of hydrogen-bond acceptors (Lipinski definition) is 4. The summed E-state index contributed by atoms with van der Waals surface area (Å²) in [5.41, 5.74) is 3.24. The van der Waals surface area contributed by atoms with Crippen molar-refractivity contribution in [3.63, 3.8) is 0 Å². The molecule has 110 valence electrons. The van der Waals surface area contributed by atoms with Crippen LogP contribution in [0.4, 0.5) is 5.69 Å².